The maximum Gasteiger partial charge on any atom is 0.407 e. The lowest BCUT2D eigenvalue weighted by molar-refractivity contribution is -0.139. The molecule has 3 rings (SSSR count). The van der Waals surface area contributed by atoms with Crippen LogP contribution in [0.4, 0.5) is 4.79 Å². The number of unbranched alkanes of at least 4 members (excludes halogenated alkanes) is 2. The predicted molar refractivity (Wildman–Crippen MR) is 135 cm³/mol. The first-order chi connectivity index (χ1) is 16.7. The van der Waals surface area contributed by atoms with E-state index in [1.54, 1.807) is 0 Å². The Balaban J connectivity index is 1.59. The zero-order chi connectivity index (χ0) is 25.4. The number of alkyl carbamates (subject to hydrolysis) is 1. The van der Waals surface area contributed by atoms with E-state index >= 15 is 0 Å². The van der Waals surface area contributed by atoms with Crippen molar-refractivity contribution in [2.45, 2.75) is 64.8 Å². The molecule has 2 amide bonds. The van der Waals surface area contributed by atoms with Crippen LogP contribution >= 0.6 is 0 Å². The summed E-state index contributed by atoms with van der Waals surface area (Å²) in [6, 6.07) is 14.8. The molecule has 7 nitrogen and oxygen atoms in total. The van der Waals surface area contributed by atoms with Crippen LogP contribution in [0.3, 0.4) is 0 Å². The molecule has 0 aliphatic heterocycles. The number of fused-ring (bicyclic) bond motifs is 3. The highest BCUT2D eigenvalue weighted by atomic mass is 16.5. The highest BCUT2D eigenvalue weighted by molar-refractivity contribution is 5.89. The number of carbonyl (C=O) groups excluding carboxylic acids is 2. The molecule has 0 aromatic heterocycles. The number of nitrogens with one attached hydrogen (secondary N) is 2. The number of hydrogen-bond acceptors (Lipinski definition) is 4. The Labute approximate surface area is 207 Å². The van der Waals surface area contributed by atoms with Crippen LogP contribution < -0.4 is 10.6 Å². The zero-order valence-corrected chi connectivity index (χ0v) is 20.8. The van der Waals surface area contributed by atoms with Crippen molar-refractivity contribution >= 4 is 18.0 Å². The van der Waals surface area contributed by atoms with Crippen molar-refractivity contribution in [3.8, 4) is 11.1 Å². The molecule has 1 aliphatic rings. The fourth-order valence-corrected chi connectivity index (χ4v) is 4.56. The summed E-state index contributed by atoms with van der Waals surface area (Å²) >= 11 is 0. The van der Waals surface area contributed by atoms with Gasteiger partial charge in [-0.15, -0.1) is 0 Å². The number of hydrogen-bond donors (Lipinski definition) is 3. The molecule has 1 unspecified atom stereocenters. The van der Waals surface area contributed by atoms with Crippen molar-refractivity contribution in [3.05, 3.63) is 59.7 Å². The van der Waals surface area contributed by atoms with Crippen LogP contribution in [0.25, 0.3) is 11.1 Å². The van der Waals surface area contributed by atoms with E-state index in [9.17, 15) is 19.5 Å². The third-order valence-corrected chi connectivity index (χ3v) is 6.53. The minimum Gasteiger partial charge on any atom is -0.481 e. The van der Waals surface area contributed by atoms with Gasteiger partial charge in [0.05, 0.1) is 6.42 Å². The van der Waals surface area contributed by atoms with Crippen molar-refractivity contribution in [3.63, 3.8) is 0 Å². The standard InChI is InChI=1S/C28H36N2O5/c1-4-5-10-15-28(2,3)18-29-26(33)24(16-25(31)32)30-27(34)35-17-23-21-13-8-6-11-19(21)20-12-7-9-14-22(20)23/h6-9,11-14,23-24H,4-5,10,15-18H2,1-3H3,(H,29,33)(H,30,34)(H,31,32). The summed E-state index contributed by atoms with van der Waals surface area (Å²) in [6.07, 6.45) is 2.93. The summed E-state index contributed by atoms with van der Waals surface area (Å²) in [5.74, 6) is -1.82. The number of ether oxygens (including phenoxy) is 1. The zero-order valence-electron chi connectivity index (χ0n) is 20.8. The molecule has 0 saturated heterocycles. The van der Waals surface area contributed by atoms with Gasteiger partial charge in [0.1, 0.15) is 12.6 Å². The number of carbonyl (C=O) groups is 3. The van der Waals surface area contributed by atoms with Crippen LogP contribution in [-0.2, 0) is 14.3 Å². The van der Waals surface area contributed by atoms with Crippen molar-refractivity contribution < 1.29 is 24.2 Å². The largest absolute Gasteiger partial charge is 0.481 e. The van der Waals surface area contributed by atoms with Gasteiger partial charge in [-0.1, -0.05) is 88.6 Å². The van der Waals surface area contributed by atoms with Crippen molar-refractivity contribution in [2.75, 3.05) is 13.2 Å². The average molecular weight is 481 g/mol. The smallest absolute Gasteiger partial charge is 0.407 e. The highest BCUT2D eigenvalue weighted by Crippen LogP contribution is 2.44. The summed E-state index contributed by atoms with van der Waals surface area (Å²) in [7, 11) is 0. The van der Waals surface area contributed by atoms with Gasteiger partial charge in [-0.25, -0.2) is 4.79 Å². The second-order valence-corrected chi connectivity index (χ2v) is 9.96. The summed E-state index contributed by atoms with van der Waals surface area (Å²) in [5.41, 5.74) is 4.25. The van der Waals surface area contributed by atoms with Crippen LogP contribution in [0.2, 0.25) is 0 Å². The molecule has 0 heterocycles. The maximum absolute atomic E-state index is 12.7. The highest BCUT2D eigenvalue weighted by Gasteiger charge is 2.30. The SMILES string of the molecule is CCCCCC(C)(C)CNC(=O)C(CC(=O)O)NC(=O)OCC1c2ccccc2-c2ccccc21. The van der Waals surface area contributed by atoms with Gasteiger partial charge in [0.25, 0.3) is 0 Å². The van der Waals surface area contributed by atoms with E-state index in [4.69, 9.17) is 4.74 Å². The molecular formula is C28H36N2O5. The maximum atomic E-state index is 12.7. The Kier molecular flexibility index (Phi) is 8.90. The van der Waals surface area contributed by atoms with Gasteiger partial charge in [-0.2, -0.15) is 0 Å². The van der Waals surface area contributed by atoms with Gasteiger partial charge in [0.15, 0.2) is 0 Å². The number of amides is 2. The van der Waals surface area contributed by atoms with Crippen LogP contribution in [0.15, 0.2) is 48.5 Å². The normalized spacial score (nSPS) is 13.5. The molecule has 0 saturated carbocycles. The molecule has 7 heteroatoms. The quantitative estimate of drug-likeness (QED) is 0.367. The van der Waals surface area contributed by atoms with E-state index in [0.29, 0.717) is 6.54 Å². The molecule has 35 heavy (non-hydrogen) atoms. The van der Waals surface area contributed by atoms with E-state index in [2.05, 4.69) is 31.4 Å². The van der Waals surface area contributed by atoms with E-state index in [0.717, 1.165) is 47.9 Å². The van der Waals surface area contributed by atoms with E-state index < -0.39 is 30.4 Å². The molecule has 2 aromatic rings. The van der Waals surface area contributed by atoms with Crippen molar-refractivity contribution in [1.82, 2.24) is 10.6 Å². The monoisotopic (exact) mass is 480 g/mol. The Hall–Kier alpha value is -3.35. The first kappa shape index (κ1) is 26.3. The summed E-state index contributed by atoms with van der Waals surface area (Å²) < 4.78 is 5.49. The Morgan fingerprint density at radius 3 is 2.17 bits per heavy atom. The Bertz CT molecular complexity index is 1000. The number of aliphatic carboxylic acids is 1. The second-order valence-electron chi connectivity index (χ2n) is 9.96. The van der Waals surface area contributed by atoms with Crippen LogP contribution in [0.5, 0.6) is 0 Å². The first-order valence-corrected chi connectivity index (χ1v) is 12.3. The molecule has 0 fully saturated rings. The summed E-state index contributed by atoms with van der Waals surface area (Å²) in [5, 5.41) is 14.5. The second kappa shape index (κ2) is 11.9. The molecule has 1 aliphatic carbocycles. The van der Waals surface area contributed by atoms with E-state index in [1.807, 2.05) is 48.5 Å². The molecule has 0 bridgehead atoms. The summed E-state index contributed by atoms with van der Waals surface area (Å²) in [6.45, 7) is 6.76. The topological polar surface area (TPSA) is 105 Å². The molecular weight excluding hydrogens is 444 g/mol. The third-order valence-electron chi connectivity index (χ3n) is 6.53. The predicted octanol–water partition coefficient (Wildman–Crippen LogP) is 5.09. The fraction of sp³-hybridized carbons (Fsp3) is 0.464. The van der Waals surface area contributed by atoms with Gasteiger partial charge >= 0.3 is 12.1 Å². The van der Waals surface area contributed by atoms with Gasteiger partial charge < -0.3 is 20.5 Å². The summed E-state index contributed by atoms with van der Waals surface area (Å²) in [4.78, 5) is 36.7. The third kappa shape index (κ3) is 7.07. The van der Waals surface area contributed by atoms with Gasteiger partial charge in [-0.3, -0.25) is 9.59 Å². The van der Waals surface area contributed by atoms with Crippen LogP contribution in [0, 0.1) is 5.41 Å². The lowest BCUT2D eigenvalue weighted by atomic mass is 9.87. The Morgan fingerprint density at radius 2 is 1.60 bits per heavy atom. The first-order valence-electron chi connectivity index (χ1n) is 12.3. The van der Waals surface area contributed by atoms with E-state index in [1.165, 1.54) is 0 Å². The lowest BCUT2D eigenvalue weighted by Gasteiger charge is -2.26. The molecule has 1 atom stereocenters. The number of carboxylic acid groups (broad SMARTS) is 1. The van der Waals surface area contributed by atoms with Crippen molar-refractivity contribution in [1.29, 1.82) is 0 Å². The van der Waals surface area contributed by atoms with Crippen LogP contribution in [-0.4, -0.2) is 42.3 Å². The van der Waals surface area contributed by atoms with Gasteiger partial charge in [0, 0.05) is 12.5 Å². The molecule has 3 N–H and O–H groups in total. The average Bonchev–Trinajstić information content (AvgIpc) is 3.14. The van der Waals surface area contributed by atoms with Crippen LogP contribution in [0.1, 0.15) is 69.9 Å². The number of carboxylic acids is 1. The number of benzene rings is 2. The van der Waals surface area contributed by atoms with Gasteiger partial charge in [-0.05, 0) is 34.1 Å². The molecule has 2 aromatic carbocycles. The van der Waals surface area contributed by atoms with Crippen molar-refractivity contribution in [2.24, 2.45) is 5.41 Å². The van der Waals surface area contributed by atoms with Gasteiger partial charge in [0.2, 0.25) is 5.91 Å². The minimum absolute atomic E-state index is 0.0890. The molecule has 0 radical (unpaired) electrons. The Morgan fingerprint density at radius 1 is 1.00 bits per heavy atom. The number of rotatable bonds is 12. The molecule has 188 valence electrons. The lowest BCUT2D eigenvalue weighted by Crippen LogP contribution is -2.49. The molecule has 0 spiro atoms. The minimum atomic E-state index is -1.21. The fourth-order valence-electron chi connectivity index (χ4n) is 4.56. The van der Waals surface area contributed by atoms with E-state index in [-0.39, 0.29) is 17.9 Å².